The van der Waals surface area contributed by atoms with Crippen LogP contribution < -0.4 is 0 Å². The van der Waals surface area contributed by atoms with Crippen molar-refractivity contribution in [2.75, 3.05) is 0 Å². The van der Waals surface area contributed by atoms with E-state index < -0.39 is 12.1 Å². The third-order valence-corrected chi connectivity index (χ3v) is 2.26. The quantitative estimate of drug-likeness (QED) is 0.807. The molecule has 0 saturated carbocycles. The summed E-state index contributed by atoms with van der Waals surface area (Å²) in [5.74, 6) is -1.25. The van der Waals surface area contributed by atoms with Gasteiger partial charge in [-0.3, -0.25) is 0 Å². The molecule has 0 bridgehead atoms. The largest absolute Gasteiger partial charge is 0.475 e. The number of nitrogens with zero attached hydrogens (tertiary/aromatic N) is 2. The standard InChI is InChI=1S/C8H6N2O4S/c11-7(4-3-9-15-10-4)5-1-2-6(14-5)8(12)13/h1-3,7,11H,(H,12,13). The maximum atomic E-state index is 10.5. The van der Waals surface area contributed by atoms with Gasteiger partial charge in [0.25, 0.3) is 0 Å². The number of carbonyl (C=O) groups is 1. The zero-order chi connectivity index (χ0) is 10.8. The Hall–Kier alpha value is -1.73. The SMILES string of the molecule is O=C(O)c1ccc(C(O)c2cnsn2)o1. The van der Waals surface area contributed by atoms with Gasteiger partial charge in [0.05, 0.1) is 17.9 Å². The lowest BCUT2D eigenvalue weighted by atomic mass is 10.2. The van der Waals surface area contributed by atoms with E-state index in [1.54, 1.807) is 0 Å². The van der Waals surface area contributed by atoms with Gasteiger partial charge in [-0.1, -0.05) is 0 Å². The van der Waals surface area contributed by atoms with Crippen LogP contribution in [0.3, 0.4) is 0 Å². The molecule has 0 fully saturated rings. The molecule has 0 amide bonds. The van der Waals surface area contributed by atoms with Crippen molar-refractivity contribution < 1.29 is 19.4 Å². The van der Waals surface area contributed by atoms with Crippen LogP contribution in [0, 0.1) is 0 Å². The van der Waals surface area contributed by atoms with Gasteiger partial charge in [0.2, 0.25) is 5.76 Å². The van der Waals surface area contributed by atoms with Crippen LogP contribution in [-0.2, 0) is 0 Å². The van der Waals surface area contributed by atoms with Crippen LogP contribution in [0.5, 0.6) is 0 Å². The molecule has 6 nitrogen and oxygen atoms in total. The number of aliphatic hydroxyl groups is 1. The molecular weight excluding hydrogens is 220 g/mol. The molecule has 2 heterocycles. The average molecular weight is 226 g/mol. The smallest absolute Gasteiger partial charge is 0.371 e. The second-order valence-corrected chi connectivity index (χ2v) is 3.30. The van der Waals surface area contributed by atoms with E-state index in [1.165, 1.54) is 18.3 Å². The summed E-state index contributed by atoms with van der Waals surface area (Å²) in [6, 6.07) is 2.67. The summed E-state index contributed by atoms with van der Waals surface area (Å²) in [5.41, 5.74) is 0.339. The zero-order valence-corrected chi connectivity index (χ0v) is 8.14. The van der Waals surface area contributed by atoms with E-state index in [9.17, 15) is 9.90 Å². The van der Waals surface area contributed by atoms with Crippen molar-refractivity contribution in [3.8, 4) is 0 Å². The first-order valence-electron chi connectivity index (χ1n) is 3.97. The molecular formula is C8H6N2O4S. The number of hydrogen-bond donors (Lipinski definition) is 2. The van der Waals surface area contributed by atoms with E-state index in [0.29, 0.717) is 5.69 Å². The van der Waals surface area contributed by atoms with Crippen molar-refractivity contribution in [3.63, 3.8) is 0 Å². The Balaban J connectivity index is 2.26. The van der Waals surface area contributed by atoms with E-state index in [4.69, 9.17) is 9.52 Å². The number of furan rings is 1. The Morgan fingerprint density at radius 2 is 2.33 bits per heavy atom. The number of aromatic nitrogens is 2. The summed E-state index contributed by atoms with van der Waals surface area (Å²) in [5, 5.41) is 18.3. The molecule has 0 aliphatic heterocycles. The molecule has 0 radical (unpaired) electrons. The van der Waals surface area contributed by atoms with E-state index >= 15 is 0 Å². The molecule has 0 aliphatic carbocycles. The summed E-state index contributed by atoms with van der Waals surface area (Å²) in [6.45, 7) is 0. The third kappa shape index (κ3) is 1.88. The van der Waals surface area contributed by atoms with Crippen LogP contribution in [0.25, 0.3) is 0 Å². The van der Waals surface area contributed by atoms with Gasteiger partial charge in [-0.25, -0.2) is 4.79 Å². The lowest BCUT2D eigenvalue weighted by Crippen LogP contribution is -1.98. The highest BCUT2D eigenvalue weighted by molar-refractivity contribution is 6.99. The van der Waals surface area contributed by atoms with Crippen molar-refractivity contribution >= 4 is 17.7 Å². The maximum Gasteiger partial charge on any atom is 0.371 e. The second kappa shape index (κ2) is 3.79. The predicted octanol–water partition coefficient (Wildman–Crippen LogP) is 0.911. The Morgan fingerprint density at radius 3 is 2.87 bits per heavy atom. The first kappa shape index (κ1) is 9.81. The van der Waals surface area contributed by atoms with Gasteiger partial charge in [-0.05, 0) is 12.1 Å². The van der Waals surface area contributed by atoms with Crippen molar-refractivity contribution in [1.29, 1.82) is 0 Å². The van der Waals surface area contributed by atoms with Gasteiger partial charge in [0, 0.05) is 0 Å². The fourth-order valence-corrected chi connectivity index (χ4v) is 1.50. The van der Waals surface area contributed by atoms with E-state index in [-0.39, 0.29) is 11.5 Å². The van der Waals surface area contributed by atoms with E-state index in [1.807, 2.05) is 0 Å². The van der Waals surface area contributed by atoms with Gasteiger partial charge >= 0.3 is 5.97 Å². The topological polar surface area (TPSA) is 96.5 Å². The minimum Gasteiger partial charge on any atom is -0.475 e. The summed E-state index contributed by atoms with van der Waals surface area (Å²) >= 11 is 0.958. The van der Waals surface area contributed by atoms with Crippen LogP contribution in [0.15, 0.2) is 22.7 Å². The molecule has 0 spiro atoms. The molecule has 0 aromatic carbocycles. The molecule has 2 N–H and O–H groups in total. The maximum absolute atomic E-state index is 10.5. The zero-order valence-electron chi connectivity index (χ0n) is 7.32. The number of aliphatic hydroxyl groups excluding tert-OH is 1. The summed E-state index contributed by atoms with van der Waals surface area (Å²) < 4.78 is 12.5. The Labute approximate surface area is 88.1 Å². The number of carboxylic acid groups (broad SMARTS) is 1. The fourth-order valence-electron chi connectivity index (χ4n) is 1.05. The summed E-state index contributed by atoms with van der Waals surface area (Å²) in [7, 11) is 0. The van der Waals surface area contributed by atoms with Crippen LogP contribution >= 0.6 is 11.7 Å². The van der Waals surface area contributed by atoms with E-state index in [0.717, 1.165) is 11.7 Å². The molecule has 1 atom stereocenters. The minimum atomic E-state index is -1.18. The van der Waals surface area contributed by atoms with Crippen LogP contribution in [0.2, 0.25) is 0 Å². The van der Waals surface area contributed by atoms with Gasteiger partial charge in [0.15, 0.2) is 6.10 Å². The van der Waals surface area contributed by atoms with Crippen molar-refractivity contribution in [2.24, 2.45) is 0 Å². The normalized spacial score (nSPS) is 12.6. The number of aromatic carboxylic acids is 1. The van der Waals surface area contributed by atoms with Crippen LogP contribution in [0.4, 0.5) is 0 Å². The van der Waals surface area contributed by atoms with E-state index in [2.05, 4.69) is 8.75 Å². The molecule has 78 valence electrons. The highest BCUT2D eigenvalue weighted by atomic mass is 32.1. The highest BCUT2D eigenvalue weighted by Gasteiger charge is 2.19. The first-order valence-corrected chi connectivity index (χ1v) is 4.70. The third-order valence-electron chi connectivity index (χ3n) is 1.77. The monoisotopic (exact) mass is 226 g/mol. The van der Waals surface area contributed by atoms with Crippen LogP contribution in [0.1, 0.15) is 28.1 Å². The Morgan fingerprint density at radius 1 is 1.53 bits per heavy atom. The van der Waals surface area contributed by atoms with Crippen LogP contribution in [-0.4, -0.2) is 24.9 Å². The Kier molecular flexibility index (Phi) is 2.48. The second-order valence-electron chi connectivity index (χ2n) is 2.74. The minimum absolute atomic E-state index is 0.139. The Bertz CT molecular complexity index is 465. The van der Waals surface area contributed by atoms with Crippen molar-refractivity contribution in [1.82, 2.24) is 8.75 Å². The lowest BCUT2D eigenvalue weighted by molar-refractivity contribution is 0.0654. The number of rotatable bonds is 3. The molecule has 0 aliphatic rings. The molecule has 2 aromatic heterocycles. The van der Waals surface area contributed by atoms with Gasteiger partial charge in [-0.2, -0.15) is 8.75 Å². The average Bonchev–Trinajstić information content (AvgIpc) is 2.88. The van der Waals surface area contributed by atoms with Gasteiger partial charge in [0.1, 0.15) is 11.5 Å². The number of carboxylic acids is 1. The molecule has 7 heteroatoms. The fraction of sp³-hybridized carbons (Fsp3) is 0.125. The number of hydrogen-bond acceptors (Lipinski definition) is 6. The van der Waals surface area contributed by atoms with Crippen molar-refractivity contribution in [3.05, 3.63) is 35.5 Å². The first-order chi connectivity index (χ1) is 7.18. The lowest BCUT2D eigenvalue weighted by Gasteiger charge is -2.01. The molecule has 0 saturated heterocycles. The summed E-state index contributed by atoms with van der Waals surface area (Å²) in [4.78, 5) is 10.5. The molecule has 1 unspecified atom stereocenters. The highest BCUT2D eigenvalue weighted by Crippen LogP contribution is 2.22. The van der Waals surface area contributed by atoms with Gasteiger partial charge in [-0.15, -0.1) is 0 Å². The molecule has 2 rings (SSSR count). The molecule has 2 aromatic rings. The van der Waals surface area contributed by atoms with Gasteiger partial charge < -0.3 is 14.6 Å². The predicted molar refractivity (Wildman–Crippen MR) is 49.6 cm³/mol. The van der Waals surface area contributed by atoms with Crippen molar-refractivity contribution in [2.45, 2.75) is 6.10 Å². The molecule has 15 heavy (non-hydrogen) atoms. The summed E-state index contributed by atoms with van der Waals surface area (Å²) in [6.07, 6.45) is 0.329.